The molecule has 0 fully saturated rings. The Hall–Kier alpha value is -0.910. The number of ether oxygens (including phenoxy) is 1. The lowest BCUT2D eigenvalue weighted by Crippen LogP contribution is -2.43. The van der Waals surface area contributed by atoms with Crippen LogP contribution in [-0.2, 0) is 4.74 Å². The summed E-state index contributed by atoms with van der Waals surface area (Å²) in [6, 6.07) is 0. The lowest BCUT2D eigenvalue weighted by atomic mass is 10.0. The van der Waals surface area contributed by atoms with Gasteiger partial charge in [-0.1, -0.05) is 32.4 Å². The quantitative estimate of drug-likeness (QED) is 0.381. The molecule has 0 spiro atoms. The summed E-state index contributed by atoms with van der Waals surface area (Å²) < 4.78 is 20.2. The highest BCUT2D eigenvalue weighted by atomic mass is 19.1. The minimum atomic E-state index is -1.08. The zero-order valence-electron chi connectivity index (χ0n) is 17.3. The largest absolute Gasteiger partial charge is 0.497 e. The van der Waals surface area contributed by atoms with E-state index in [1.54, 1.807) is 6.08 Å². The fraction of sp³-hybridized carbons (Fsp3) is 0.810. The predicted molar refractivity (Wildman–Crippen MR) is 107 cm³/mol. The number of hydrogen-bond donors (Lipinski definition) is 2. The summed E-state index contributed by atoms with van der Waals surface area (Å²) in [5.74, 6) is 0.407. The Morgan fingerprint density at radius 1 is 1.42 bits per heavy atom. The minimum absolute atomic E-state index is 0.320. The second-order valence-electron chi connectivity index (χ2n) is 7.58. The molecule has 0 radical (unpaired) electrons. The Balaban J connectivity index is 2.41. The van der Waals surface area contributed by atoms with Crippen molar-refractivity contribution < 1.29 is 14.2 Å². The molecule has 4 nitrogen and oxygen atoms in total. The van der Waals surface area contributed by atoms with Crippen LogP contribution >= 0.6 is 0 Å². The summed E-state index contributed by atoms with van der Waals surface area (Å²) in [5.41, 5.74) is 1.33. The molecular weight excluding hydrogens is 331 g/mol. The number of aliphatic hydroxyl groups excluding tert-OH is 1. The zero-order chi connectivity index (χ0) is 19.5. The van der Waals surface area contributed by atoms with E-state index in [4.69, 9.17) is 4.74 Å². The van der Waals surface area contributed by atoms with Gasteiger partial charge in [-0.15, -0.1) is 0 Å². The second kappa shape index (κ2) is 12.5. The fourth-order valence-electron chi connectivity index (χ4n) is 3.21. The number of nitrogens with zero attached hydrogens (tertiary/aromatic N) is 1. The van der Waals surface area contributed by atoms with Gasteiger partial charge in [-0.3, -0.25) is 5.32 Å². The summed E-state index contributed by atoms with van der Waals surface area (Å²) in [5, 5.41) is 13.5. The van der Waals surface area contributed by atoms with E-state index in [0.717, 1.165) is 32.5 Å². The first-order chi connectivity index (χ1) is 12.4. The standard InChI is InChI=1S/C21H39FN2O2/c1-6-24(7-2)14-13-23-21(25)20-18(22)11-12-19(20)26-15-17(5)10-8-9-16(3)4/h9,12,17-18,20-21,23,25H,6-8,10-11,13-15H2,1-5H3. The van der Waals surface area contributed by atoms with Gasteiger partial charge in [0, 0.05) is 19.5 Å². The Labute approximate surface area is 159 Å². The number of likely N-dealkylation sites (N-methyl/N-ethyl adjacent to an activating group) is 1. The molecule has 0 amide bonds. The van der Waals surface area contributed by atoms with E-state index in [2.05, 4.69) is 50.9 Å². The van der Waals surface area contributed by atoms with Crippen LogP contribution < -0.4 is 5.32 Å². The van der Waals surface area contributed by atoms with Gasteiger partial charge in [-0.05, 0) is 51.8 Å². The van der Waals surface area contributed by atoms with Gasteiger partial charge in [0.2, 0.25) is 0 Å². The van der Waals surface area contributed by atoms with Crippen molar-refractivity contribution >= 4 is 0 Å². The van der Waals surface area contributed by atoms with E-state index in [9.17, 15) is 9.50 Å². The summed E-state index contributed by atoms with van der Waals surface area (Å²) in [6.45, 7) is 14.6. The van der Waals surface area contributed by atoms with Gasteiger partial charge >= 0.3 is 0 Å². The maximum Gasteiger partial charge on any atom is 0.117 e. The van der Waals surface area contributed by atoms with E-state index >= 15 is 0 Å². The van der Waals surface area contributed by atoms with Crippen molar-refractivity contribution in [2.75, 3.05) is 32.8 Å². The third kappa shape index (κ3) is 8.19. The summed E-state index contributed by atoms with van der Waals surface area (Å²) in [7, 11) is 0. The maximum absolute atomic E-state index is 14.3. The predicted octanol–water partition coefficient (Wildman–Crippen LogP) is 3.88. The molecule has 5 heteroatoms. The number of aliphatic hydroxyl groups is 1. The zero-order valence-corrected chi connectivity index (χ0v) is 17.3. The van der Waals surface area contributed by atoms with E-state index in [1.165, 1.54) is 5.57 Å². The molecule has 0 aromatic rings. The number of alkyl halides is 1. The van der Waals surface area contributed by atoms with Crippen LogP contribution in [0.4, 0.5) is 4.39 Å². The van der Waals surface area contributed by atoms with Crippen molar-refractivity contribution in [3.63, 3.8) is 0 Å². The Kier molecular flexibility index (Phi) is 11.1. The molecule has 26 heavy (non-hydrogen) atoms. The van der Waals surface area contributed by atoms with Crippen LogP contribution in [0.2, 0.25) is 0 Å². The molecule has 1 aliphatic carbocycles. The summed E-state index contributed by atoms with van der Waals surface area (Å²) in [4.78, 5) is 2.27. The molecule has 4 atom stereocenters. The minimum Gasteiger partial charge on any atom is -0.497 e. The molecule has 152 valence electrons. The van der Waals surface area contributed by atoms with Crippen molar-refractivity contribution in [3.8, 4) is 0 Å². The third-order valence-electron chi connectivity index (χ3n) is 5.03. The molecule has 0 saturated carbocycles. The highest BCUT2D eigenvalue weighted by molar-refractivity contribution is 5.12. The van der Waals surface area contributed by atoms with Gasteiger partial charge < -0.3 is 14.7 Å². The van der Waals surface area contributed by atoms with Gasteiger partial charge in [0.05, 0.1) is 12.5 Å². The number of allylic oxidation sites excluding steroid dienone is 3. The Morgan fingerprint density at radius 3 is 2.73 bits per heavy atom. The average molecular weight is 371 g/mol. The highest BCUT2D eigenvalue weighted by Gasteiger charge is 2.37. The number of rotatable bonds is 13. The third-order valence-corrected chi connectivity index (χ3v) is 5.03. The van der Waals surface area contributed by atoms with Crippen molar-refractivity contribution in [1.29, 1.82) is 0 Å². The van der Waals surface area contributed by atoms with Crippen LogP contribution in [0.15, 0.2) is 23.5 Å². The van der Waals surface area contributed by atoms with Crippen LogP contribution in [0.25, 0.3) is 0 Å². The van der Waals surface area contributed by atoms with E-state index < -0.39 is 18.3 Å². The first-order valence-corrected chi connectivity index (χ1v) is 10.1. The van der Waals surface area contributed by atoms with Crippen molar-refractivity contribution in [1.82, 2.24) is 10.2 Å². The van der Waals surface area contributed by atoms with Crippen molar-refractivity contribution in [3.05, 3.63) is 23.5 Å². The van der Waals surface area contributed by atoms with Gasteiger partial charge in [-0.2, -0.15) is 0 Å². The first kappa shape index (κ1) is 23.1. The van der Waals surface area contributed by atoms with Gasteiger partial charge in [0.1, 0.15) is 18.2 Å². The molecular formula is C21H39FN2O2. The molecule has 0 heterocycles. The van der Waals surface area contributed by atoms with Gasteiger partial charge in [0.25, 0.3) is 0 Å². The molecule has 0 aromatic heterocycles. The molecule has 2 N–H and O–H groups in total. The Bertz CT molecular complexity index is 445. The average Bonchev–Trinajstić information content (AvgIpc) is 2.97. The molecule has 4 unspecified atom stereocenters. The fourth-order valence-corrected chi connectivity index (χ4v) is 3.21. The topological polar surface area (TPSA) is 44.7 Å². The van der Waals surface area contributed by atoms with Crippen LogP contribution in [0, 0.1) is 11.8 Å². The monoisotopic (exact) mass is 370 g/mol. The number of nitrogens with one attached hydrogen (secondary N) is 1. The second-order valence-corrected chi connectivity index (χ2v) is 7.58. The summed E-state index contributed by atoms with van der Waals surface area (Å²) >= 11 is 0. The number of hydrogen-bond acceptors (Lipinski definition) is 4. The molecule has 0 aromatic carbocycles. The highest BCUT2D eigenvalue weighted by Crippen LogP contribution is 2.32. The van der Waals surface area contributed by atoms with Crippen molar-refractivity contribution in [2.45, 2.75) is 66.3 Å². The molecule has 0 aliphatic heterocycles. The Morgan fingerprint density at radius 2 is 2.12 bits per heavy atom. The molecule has 1 rings (SSSR count). The number of halogens is 1. The lowest BCUT2D eigenvalue weighted by Gasteiger charge is -2.26. The van der Waals surface area contributed by atoms with E-state index in [1.807, 2.05) is 0 Å². The molecule has 0 bridgehead atoms. The van der Waals surface area contributed by atoms with Gasteiger partial charge in [0.15, 0.2) is 0 Å². The van der Waals surface area contributed by atoms with Crippen LogP contribution in [0.1, 0.15) is 53.9 Å². The summed E-state index contributed by atoms with van der Waals surface area (Å²) in [6.07, 6.45) is 4.45. The van der Waals surface area contributed by atoms with Gasteiger partial charge in [-0.25, -0.2) is 4.39 Å². The van der Waals surface area contributed by atoms with Crippen molar-refractivity contribution in [2.24, 2.45) is 11.8 Å². The van der Waals surface area contributed by atoms with Crippen LogP contribution in [0.5, 0.6) is 0 Å². The molecule has 1 aliphatic rings. The SMILES string of the molecule is CCN(CC)CCNC(O)C1C(OCC(C)CCC=C(C)C)=CCC1F. The first-order valence-electron chi connectivity index (χ1n) is 10.1. The molecule has 0 saturated heterocycles. The smallest absolute Gasteiger partial charge is 0.117 e. The maximum atomic E-state index is 14.3. The van der Waals surface area contributed by atoms with Crippen LogP contribution in [0.3, 0.4) is 0 Å². The lowest BCUT2D eigenvalue weighted by molar-refractivity contribution is 0.0190. The van der Waals surface area contributed by atoms with Crippen LogP contribution in [-0.4, -0.2) is 55.2 Å². The van der Waals surface area contributed by atoms with E-state index in [0.29, 0.717) is 31.2 Å². The normalized spacial score (nSPS) is 22.2. The van der Waals surface area contributed by atoms with E-state index in [-0.39, 0.29) is 0 Å².